The summed E-state index contributed by atoms with van der Waals surface area (Å²) in [5.74, 6) is -0.469. The average Bonchev–Trinajstić information content (AvgIpc) is 2.79. The highest BCUT2D eigenvalue weighted by molar-refractivity contribution is 7.90. The standard InChI is InChI=1S/C10H10N4O3S2/c1-19(16,17)8-3-6(2-7(11)4-8)10(15)13-9-5-12-14-18-9/h2-5H,11H2,1H3,(H,13,15). The van der Waals surface area contributed by atoms with Crippen LogP contribution in [0.3, 0.4) is 0 Å². The molecule has 1 amide bonds. The van der Waals surface area contributed by atoms with E-state index in [2.05, 4.69) is 14.9 Å². The number of amides is 1. The van der Waals surface area contributed by atoms with E-state index >= 15 is 0 Å². The van der Waals surface area contributed by atoms with E-state index in [1.807, 2.05) is 0 Å². The highest BCUT2D eigenvalue weighted by Crippen LogP contribution is 2.18. The minimum absolute atomic E-state index is 0.0000737. The predicted octanol–water partition coefficient (Wildman–Crippen LogP) is 0.776. The summed E-state index contributed by atoms with van der Waals surface area (Å²) in [6.45, 7) is 0. The first kappa shape index (κ1) is 13.4. The van der Waals surface area contributed by atoms with Crippen molar-refractivity contribution >= 4 is 38.0 Å². The number of hydrogen-bond donors (Lipinski definition) is 2. The van der Waals surface area contributed by atoms with Crippen molar-refractivity contribution in [3.8, 4) is 0 Å². The molecule has 100 valence electrons. The van der Waals surface area contributed by atoms with Crippen LogP contribution < -0.4 is 11.1 Å². The van der Waals surface area contributed by atoms with Gasteiger partial charge in [0.1, 0.15) is 5.00 Å². The first-order chi connectivity index (χ1) is 8.86. The summed E-state index contributed by atoms with van der Waals surface area (Å²) in [6, 6.07) is 3.98. The van der Waals surface area contributed by atoms with Gasteiger partial charge in [0.15, 0.2) is 9.84 Å². The largest absolute Gasteiger partial charge is 0.399 e. The molecular formula is C10H10N4O3S2. The first-order valence-electron chi connectivity index (χ1n) is 5.05. The molecule has 7 nitrogen and oxygen atoms in total. The van der Waals surface area contributed by atoms with Gasteiger partial charge in [0, 0.05) is 29.0 Å². The number of aromatic nitrogens is 2. The van der Waals surface area contributed by atoms with Crippen molar-refractivity contribution in [3.63, 3.8) is 0 Å². The Morgan fingerprint density at radius 3 is 2.68 bits per heavy atom. The normalized spacial score (nSPS) is 11.2. The predicted molar refractivity (Wildman–Crippen MR) is 71.8 cm³/mol. The minimum atomic E-state index is -3.43. The lowest BCUT2D eigenvalue weighted by molar-refractivity contribution is 0.102. The molecule has 3 N–H and O–H groups in total. The lowest BCUT2D eigenvalue weighted by atomic mass is 10.2. The van der Waals surface area contributed by atoms with Crippen LogP contribution >= 0.6 is 11.5 Å². The fourth-order valence-electron chi connectivity index (χ4n) is 1.37. The molecule has 0 bridgehead atoms. The second-order valence-corrected chi connectivity index (χ2v) is 6.60. The molecule has 0 spiro atoms. The number of hydrogen-bond acceptors (Lipinski definition) is 7. The third kappa shape index (κ3) is 3.26. The molecule has 0 fully saturated rings. The van der Waals surface area contributed by atoms with Gasteiger partial charge >= 0.3 is 0 Å². The molecule has 1 aromatic heterocycles. The van der Waals surface area contributed by atoms with Crippen LogP contribution in [-0.2, 0) is 9.84 Å². The van der Waals surface area contributed by atoms with Crippen molar-refractivity contribution in [3.05, 3.63) is 30.0 Å². The molecule has 0 unspecified atom stereocenters. The van der Waals surface area contributed by atoms with Crippen LogP contribution in [0.2, 0.25) is 0 Å². The SMILES string of the molecule is CS(=O)(=O)c1cc(N)cc(C(=O)Nc2cnns2)c1. The molecular weight excluding hydrogens is 288 g/mol. The fourth-order valence-corrected chi connectivity index (χ4v) is 2.48. The van der Waals surface area contributed by atoms with Crippen molar-refractivity contribution in [1.29, 1.82) is 0 Å². The van der Waals surface area contributed by atoms with Gasteiger partial charge in [0.05, 0.1) is 11.1 Å². The van der Waals surface area contributed by atoms with E-state index in [9.17, 15) is 13.2 Å². The number of nitrogens with two attached hydrogens (primary N) is 1. The summed E-state index contributed by atoms with van der Waals surface area (Å²) < 4.78 is 26.5. The number of carbonyl (C=O) groups is 1. The maximum Gasteiger partial charge on any atom is 0.256 e. The van der Waals surface area contributed by atoms with Gasteiger partial charge in [-0.3, -0.25) is 4.79 Å². The number of nitrogens with one attached hydrogen (secondary N) is 1. The van der Waals surface area contributed by atoms with E-state index in [1.165, 1.54) is 24.4 Å². The molecule has 0 radical (unpaired) electrons. The third-order valence-corrected chi connectivity index (χ3v) is 3.89. The highest BCUT2D eigenvalue weighted by Gasteiger charge is 2.14. The number of nitrogens with zero attached hydrogens (tertiary/aromatic N) is 2. The Balaban J connectivity index is 2.35. The summed E-state index contributed by atoms with van der Waals surface area (Å²) in [7, 11) is -3.43. The first-order valence-corrected chi connectivity index (χ1v) is 7.72. The zero-order valence-electron chi connectivity index (χ0n) is 9.82. The summed E-state index contributed by atoms with van der Waals surface area (Å²) in [4.78, 5) is 11.9. The van der Waals surface area contributed by atoms with Crippen LogP contribution in [0.15, 0.2) is 29.3 Å². The van der Waals surface area contributed by atoms with E-state index < -0.39 is 15.7 Å². The maximum absolute atomic E-state index is 11.9. The second kappa shape index (κ2) is 4.94. The minimum Gasteiger partial charge on any atom is -0.399 e. The van der Waals surface area contributed by atoms with Crippen molar-refractivity contribution in [1.82, 2.24) is 9.59 Å². The van der Waals surface area contributed by atoms with Gasteiger partial charge in [0.25, 0.3) is 5.91 Å². The van der Waals surface area contributed by atoms with Gasteiger partial charge in [-0.2, -0.15) is 0 Å². The molecule has 0 saturated carbocycles. The zero-order chi connectivity index (χ0) is 14.0. The molecule has 1 aromatic carbocycles. The van der Waals surface area contributed by atoms with E-state index in [-0.39, 0.29) is 16.1 Å². The van der Waals surface area contributed by atoms with Gasteiger partial charge in [-0.05, 0) is 18.2 Å². The number of carbonyl (C=O) groups excluding carboxylic acids is 1. The summed E-state index contributed by atoms with van der Waals surface area (Å²) in [5.41, 5.74) is 5.97. The number of sulfone groups is 1. The van der Waals surface area contributed by atoms with Crippen molar-refractivity contribution in [2.45, 2.75) is 4.90 Å². The average molecular weight is 298 g/mol. The molecule has 0 aliphatic rings. The van der Waals surface area contributed by atoms with Crippen LogP contribution in [0.5, 0.6) is 0 Å². The number of benzene rings is 1. The lowest BCUT2D eigenvalue weighted by Crippen LogP contribution is -2.12. The molecule has 0 aliphatic carbocycles. The summed E-state index contributed by atoms with van der Waals surface area (Å²) in [6.07, 6.45) is 2.45. The monoisotopic (exact) mass is 298 g/mol. The summed E-state index contributed by atoms with van der Waals surface area (Å²) >= 11 is 1.02. The molecule has 0 saturated heterocycles. The third-order valence-electron chi connectivity index (χ3n) is 2.22. The Hall–Kier alpha value is -2.00. The molecule has 0 aliphatic heterocycles. The summed E-state index contributed by atoms with van der Waals surface area (Å²) in [5, 5.41) is 6.59. The van der Waals surface area contributed by atoms with Crippen LogP contribution in [0.1, 0.15) is 10.4 Å². The zero-order valence-corrected chi connectivity index (χ0v) is 11.5. The van der Waals surface area contributed by atoms with E-state index in [4.69, 9.17) is 5.73 Å². The van der Waals surface area contributed by atoms with E-state index in [1.54, 1.807) is 0 Å². The van der Waals surface area contributed by atoms with Crippen LogP contribution in [-0.4, -0.2) is 30.2 Å². The molecule has 9 heteroatoms. The Bertz CT molecular complexity index is 710. The highest BCUT2D eigenvalue weighted by atomic mass is 32.2. The molecule has 19 heavy (non-hydrogen) atoms. The fraction of sp³-hybridized carbons (Fsp3) is 0.100. The number of anilines is 2. The van der Waals surface area contributed by atoms with Crippen molar-refractivity contribution in [2.75, 3.05) is 17.3 Å². The van der Waals surface area contributed by atoms with Gasteiger partial charge in [-0.1, -0.05) is 4.49 Å². The van der Waals surface area contributed by atoms with Crippen LogP contribution in [0.4, 0.5) is 10.7 Å². The number of nitrogen functional groups attached to an aromatic ring is 1. The molecule has 0 atom stereocenters. The lowest BCUT2D eigenvalue weighted by Gasteiger charge is -2.06. The van der Waals surface area contributed by atoms with E-state index in [0.717, 1.165) is 17.8 Å². The van der Waals surface area contributed by atoms with Crippen molar-refractivity contribution < 1.29 is 13.2 Å². The van der Waals surface area contributed by atoms with Gasteiger partial charge in [0.2, 0.25) is 0 Å². The van der Waals surface area contributed by atoms with Crippen molar-refractivity contribution in [2.24, 2.45) is 0 Å². The van der Waals surface area contributed by atoms with Crippen LogP contribution in [0.25, 0.3) is 0 Å². The quantitative estimate of drug-likeness (QED) is 0.809. The Morgan fingerprint density at radius 1 is 1.37 bits per heavy atom. The second-order valence-electron chi connectivity index (χ2n) is 3.80. The Kier molecular flexibility index (Phi) is 3.49. The van der Waals surface area contributed by atoms with Crippen LogP contribution in [0, 0.1) is 0 Å². The van der Waals surface area contributed by atoms with Gasteiger partial charge in [-0.25, -0.2) is 8.42 Å². The molecule has 2 rings (SSSR count). The van der Waals surface area contributed by atoms with Gasteiger partial charge in [-0.15, -0.1) is 5.10 Å². The maximum atomic E-state index is 11.9. The smallest absolute Gasteiger partial charge is 0.256 e. The molecule has 1 heterocycles. The number of rotatable bonds is 3. The molecule has 2 aromatic rings. The Morgan fingerprint density at radius 2 is 2.11 bits per heavy atom. The van der Waals surface area contributed by atoms with E-state index in [0.29, 0.717) is 5.00 Å². The Labute approximate surface area is 113 Å². The van der Waals surface area contributed by atoms with Gasteiger partial charge < -0.3 is 11.1 Å². The topological polar surface area (TPSA) is 115 Å².